The normalized spacial score (nSPS) is 24.3. The summed E-state index contributed by atoms with van der Waals surface area (Å²) in [6, 6.07) is 0. The van der Waals surface area contributed by atoms with Gasteiger partial charge in [-0.3, -0.25) is 5.41 Å². The van der Waals surface area contributed by atoms with E-state index in [4.69, 9.17) is 17.0 Å². The first kappa shape index (κ1) is 5.10. The highest BCUT2D eigenvalue weighted by molar-refractivity contribution is 6.66. The summed E-state index contributed by atoms with van der Waals surface area (Å²) < 4.78 is 0. The fraction of sp³-hybridized carbons (Fsp3) is 0.800. The molecule has 1 nitrogen and oxygen atoms in total. The lowest BCUT2D eigenvalue weighted by atomic mass is 10.2. The summed E-state index contributed by atoms with van der Waals surface area (Å²) in [6.07, 6.45) is 2.21. The minimum absolute atomic E-state index is 0.0988. The Morgan fingerprint density at radius 2 is 2.14 bits per heavy atom. The van der Waals surface area contributed by atoms with Crippen LogP contribution in [-0.4, -0.2) is 5.17 Å². The van der Waals surface area contributed by atoms with Gasteiger partial charge in [-0.25, -0.2) is 0 Å². The number of halogens is 1. The lowest BCUT2D eigenvalue weighted by Gasteiger charge is -1.98. The van der Waals surface area contributed by atoms with Crippen LogP contribution in [-0.2, 0) is 0 Å². The van der Waals surface area contributed by atoms with Crippen molar-refractivity contribution in [3.8, 4) is 0 Å². The van der Waals surface area contributed by atoms with E-state index in [1.807, 2.05) is 6.92 Å². The predicted molar refractivity (Wildman–Crippen MR) is 30.9 cm³/mol. The van der Waals surface area contributed by atoms with Gasteiger partial charge in [0.25, 0.3) is 0 Å². The Morgan fingerprint density at radius 3 is 2.14 bits per heavy atom. The predicted octanol–water partition coefficient (Wildman–Crippen LogP) is 2.00. The van der Waals surface area contributed by atoms with Gasteiger partial charge in [0.15, 0.2) is 0 Å². The van der Waals surface area contributed by atoms with E-state index < -0.39 is 0 Å². The first-order chi connectivity index (χ1) is 3.15. The second-order valence-corrected chi connectivity index (χ2v) is 2.75. The minimum Gasteiger partial charge on any atom is -0.293 e. The maximum absolute atomic E-state index is 6.97. The minimum atomic E-state index is 0.0988. The number of hydrogen-bond acceptors (Lipinski definition) is 1. The largest absolute Gasteiger partial charge is 0.293 e. The van der Waals surface area contributed by atoms with Gasteiger partial charge in [0, 0.05) is 5.41 Å². The molecule has 1 aliphatic carbocycles. The summed E-state index contributed by atoms with van der Waals surface area (Å²) in [5.74, 6) is 0. The van der Waals surface area contributed by atoms with Crippen LogP contribution in [0.5, 0.6) is 0 Å². The highest BCUT2D eigenvalue weighted by atomic mass is 35.5. The van der Waals surface area contributed by atoms with E-state index in [1.165, 1.54) is 0 Å². The van der Waals surface area contributed by atoms with E-state index in [-0.39, 0.29) is 5.41 Å². The Balaban J connectivity index is 2.55. The maximum atomic E-state index is 6.97. The van der Waals surface area contributed by atoms with Crippen molar-refractivity contribution in [2.75, 3.05) is 0 Å². The summed E-state index contributed by atoms with van der Waals surface area (Å²) in [5.41, 5.74) is 0.0988. The Bertz CT molecular complexity index is 105. The topological polar surface area (TPSA) is 23.9 Å². The maximum Gasteiger partial charge on any atom is 0.103 e. The van der Waals surface area contributed by atoms with Gasteiger partial charge in [-0.1, -0.05) is 18.5 Å². The second-order valence-electron chi connectivity index (χ2n) is 2.37. The molecule has 0 atom stereocenters. The molecule has 0 radical (unpaired) electrons. The zero-order valence-electron chi connectivity index (χ0n) is 4.29. The lowest BCUT2D eigenvalue weighted by Crippen LogP contribution is -2.00. The summed E-state index contributed by atoms with van der Waals surface area (Å²) in [4.78, 5) is 0. The molecular weight excluding hydrogens is 110 g/mol. The van der Waals surface area contributed by atoms with Crippen LogP contribution in [0, 0.1) is 10.8 Å². The van der Waals surface area contributed by atoms with E-state index in [0.29, 0.717) is 5.17 Å². The molecule has 1 rings (SSSR count). The van der Waals surface area contributed by atoms with Crippen molar-refractivity contribution in [3.05, 3.63) is 0 Å². The highest BCUT2D eigenvalue weighted by Gasteiger charge is 2.40. The van der Waals surface area contributed by atoms with Crippen molar-refractivity contribution in [2.24, 2.45) is 5.41 Å². The molecule has 0 aromatic carbocycles. The van der Waals surface area contributed by atoms with Crippen LogP contribution in [0.4, 0.5) is 0 Å². The van der Waals surface area contributed by atoms with E-state index in [9.17, 15) is 0 Å². The van der Waals surface area contributed by atoms with Crippen molar-refractivity contribution in [1.82, 2.24) is 0 Å². The molecule has 0 aromatic heterocycles. The van der Waals surface area contributed by atoms with E-state index in [1.54, 1.807) is 0 Å². The third-order valence-corrected chi connectivity index (χ3v) is 1.99. The fourth-order valence-electron chi connectivity index (χ4n) is 0.407. The van der Waals surface area contributed by atoms with Gasteiger partial charge in [0.2, 0.25) is 0 Å². The van der Waals surface area contributed by atoms with E-state index in [0.717, 1.165) is 12.8 Å². The number of hydrogen-bond donors (Lipinski definition) is 1. The molecule has 0 aromatic rings. The Hall–Kier alpha value is -0.0400. The van der Waals surface area contributed by atoms with Crippen LogP contribution < -0.4 is 0 Å². The molecule has 1 saturated carbocycles. The Labute approximate surface area is 48.2 Å². The summed E-state index contributed by atoms with van der Waals surface area (Å²) >= 11 is 5.40. The standard InChI is InChI=1S/C5H8ClN/c1-5(2-3-5)4(6)7/h7H,2-3H2,1H3. The molecule has 0 saturated heterocycles. The molecule has 1 N–H and O–H groups in total. The third-order valence-electron chi connectivity index (χ3n) is 1.53. The van der Waals surface area contributed by atoms with Crippen LogP contribution in [0.15, 0.2) is 0 Å². The second kappa shape index (κ2) is 1.22. The molecule has 0 unspecified atom stereocenters. The zero-order valence-corrected chi connectivity index (χ0v) is 5.05. The average molecular weight is 118 g/mol. The summed E-state index contributed by atoms with van der Waals surface area (Å²) in [5, 5.41) is 7.30. The van der Waals surface area contributed by atoms with E-state index in [2.05, 4.69) is 0 Å². The van der Waals surface area contributed by atoms with Crippen molar-refractivity contribution in [3.63, 3.8) is 0 Å². The first-order valence-electron chi connectivity index (χ1n) is 2.40. The monoisotopic (exact) mass is 117 g/mol. The number of rotatable bonds is 1. The molecule has 40 valence electrons. The highest BCUT2D eigenvalue weighted by Crippen LogP contribution is 2.46. The molecule has 2 heteroatoms. The van der Waals surface area contributed by atoms with Crippen molar-refractivity contribution < 1.29 is 0 Å². The van der Waals surface area contributed by atoms with Gasteiger partial charge in [-0.15, -0.1) is 0 Å². The smallest absolute Gasteiger partial charge is 0.103 e. The first-order valence-corrected chi connectivity index (χ1v) is 2.77. The van der Waals surface area contributed by atoms with Crippen LogP contribution in [0.1, 0.15) is 19.8 Å². The van der Waals surface area contributed by atoms with Gasteiger partial charge in [0.05, 0.1) is 0 Å². The van der Waals surface area contributed by atoms with Gasteiger partial charge in [-0.05, 0) is 12.8 Å². The average Bonchev–Trinajstić information content (AvgIpc) is 2.21. The molecular formula is C5H8ClN. The molecule has 0 spiro atoms. The molecule has 0 amide bonds. The van der Waals surface area contributed by atoms with Crippen LogP contribution in [0.2, 0.25) is 0 Å². The molecule has 1 aliphatic rings. The molecule has 7 heavy (non-hydrogen) atoms. The van der Waals surface area contributed by atoms with Crippen molar-refractivity contribution in [1.29, 1.82) is 5.41 Å². The van der Waals surface area contributed by atoms with Gasteiger partial charge in [0.1, 0.15) is 5.17 Å². The molecule has 1 fully saturated rings. The SMILES string of the molecule is CC1(C(=N)Cl)CC1. The zero-order chi connectivity index (χ0) is 5.49. The Kier molecular flexibility index (Phi) is 0.890. The number of nitrogens with one attached hydrogen (secondary N) is 1. The fourth-order valence-corrected chi connectivity index (χ4v) is 0.596. The quantitative estimate of drug-likeness (QED) is 0.508. The van der Waals surface area contributed by atoms with Crippen molar-refractivity contribution in [2.45, 2.75) is 19.8 Å². The van der Waals surface area contributed by atoms with Gasteiger partial charge < -0.3 is 0 Å². The lowest BCUT2D eigenvalue weighted by molar-refractivity contribution is 0.812. The molecule has 0 aliphatic heterocycles. The van der Waals surface area contributed by atoms with E-state index >= 15 is 0 Å². The summed E-state index contributed by atoms with van der Waals surface area (Å²) in [7, 11) is 0. The van der Waals surface area contributed by atoms with Gasteiger partial charge in [-0.2, -0.15) is 0 Å². The van der Waals surface area contributed by atoms with Gasteiger partial charge >= 0.3 is 0 Å². The molecule has 0 bridgehead atoms. The summed E-state index contributed by atoms with van der Waals surface area (Å²) in [6.45, 7) is 2.02. The van der Waals surface area contributed by atoms with Crippen molar-refractivity contribution >= 4 is 16.8 Å². The third kappa shape index (κ3) is 0.778. The Morgan fingerprint density at radius 1 is 1.71 bits per heavy atom. The van der Waals surface area contributed by atoms with Crippen LogP contribution >= 0.6 is 11.6 Å². The van der Waals surface area contributed by atoms with Crippen LogP contribution in [0.25, 0.3) is 0 Å². The van der Waals surface area contributed by atoms with Crippen LogP contribution in [0.3, 0.4) is 0 Å². The molecule has 0 heterocycles.